The summed E-state index contributed by atoms with van der Waals surface area (Å²) in [6.07, 6.45) is 18.2. The number of rotatable bonds is 5. The Bertz CT molecular complexity index is 591. The summed E-state index contributed by atoms with van der Waals surface area (Å²) in [5.41, 5.74) is 2.29. The van der Waals surface area contributed by atoms with Gasteiger partial charge in [-0.2, -0.15) is 0 Å². The van der Waals surface area contributed by atoms with Gasteiger partial charge in [0, 0.05) is 0 Å². The van der Waals surface area contributed by atoms with Crippen LogP contribution in [0.15, 0.2) is 11.6 Å². The Morgan fingerprint density at radius 2 is 1.86 bits per heavy atom. The third-order valence-corrected chi connectivity index (χ3v) is 9.98. The molecule has 4 aliphatic carbocycles. The molecular formula is C27H45O. The van der Waals surface area contributed by atoms with E-state index in [-0.39, 0.29) is 11.5 Å². The zero-order valence-electron chi connectivity index (χ0n) is 19.2. The molecule has 8 atom stereocenters. The van der Waals surface area contributed by atoms with E-state index in [1.807, 2.05) is 0 Å². The van der Waals surface area contributed by atoms with Crippen molar-refractivity contribution in [3.05, 3.63) is 18.1 Å². The van der Waals surface area contributed by atoms with Crippen molar-refractivity contribution in [3.8, 4) is 0 Å². The lowest BCUT2D eigenvalue weighted by Crippen LogP contribution is -2.54. The van der Waals surface area contributed by atoms with Crippen LogP contribution in [0.3, 0.4) is 0 Å². The van der Waals surface area contributed by atoms with E-state index in [4.69, 9.17) is 0 Å². The molecule has 1 radical (unpaired) electrons. The molecule has 0 heterocycles. The maximum atomic E-state index is 11.3. The first-order valence-corrected chi connectivity index (χ1v) is 12.5. The van der Waals surface area contributed by atoms with Gasteiger partial charge in [0.05, 0.1) is 6.10 Å². The van der Waals surface area contributed by atoms with E-state index in [0.717, 1.165) is 23.7 Å². The maximum Gasteiger partial charge on any atom is 0.0757 e. The number of hydrogen-bond acceptors (Lipinski definition) is 1. The fourth-order valence-corrected chi connectivity index (χ4v) is 8.46. The van der Waals surface area contributed by atoms with E-state index in [1.165, 1.54) is 64.2 Å². The van der Waals surface area contributed by atoms with Gasteiger partial charge in [-0.15, -0.1) is 0 Å². The van der Waals surface area contributed by atoms with Crippen LogP contribution in [0.5, 0.6) is 0 Å². The molecule has 3 saturated carbocycles. The molecule has 0 saturated heterocycles. The van der Waals surface area contributed by atoms with Crippen molar-refractivity contribution >= 4 is 0 Å². The Morgan fingerprint density at radius 1 is 1.07 bits per heavy atom. The van der Waals surface area contributed by atoms with Crippen molar-refractivity contribution in [2.75, 3.05) is 0 Å². The molecule has 1 N–H and O–H groups in total. The van der Waals surface area contributed by atoms with Gasteiger partial charge in [0.15, 0.2) is 0 Å². The summed E-state index contributed by atoms with van der Waals surface area (Å²) in [6, 6.07) is 0. The predicted molar refractivity (Wildman–Crippen MR) is 119 cm³/mol. The van der Waals surface area contributed by atoms with Gasteiger partial charge >= 0.3 is 0 Å². The summed E-state index contributed by atoms with van der Waals surface area (Å²) in [5, 5.41) is 11.3. The van der Waals surface area contributed by atoms with Gasteiger partial charge in [-0.1, -0.05) is 65.5 Å². The summed E-state index contributed by atoms with van der Waals surface area (Å²) >= 11 is 0. The van der Waals surface area contributed by atoms with Crippen molar-refractivity contribution < 1.29 is 5.11 Å². The van der Waals surface area contributed by atoms with Crippen LogP contribution < -0.4 is 0 Å². The molecular weight excluding hydrogens is 340 g/mol. The Morgan fingerprint density at radius 3 is 2.61 bits per heavy atom. The second-order valence-corrected chi connectivity index (χ2v) is 11.9. The average Bonchev–Trinajstić information content (AvgIpc) is 2.99. The highest BCUT2D eigenvalue weighted by molar-refractivity contribution is 5.30. The molecule has 0 bridgehead atoms. The molecule has 4 rings (SSSR count). The minimum atomic E-state index is -0.195. The fraction of sp³-hybridized carbons (Fsp3) is 0.889. The highest BCUT2D eigenvalue weighted by Crippen LogP contribution is 2.67. The molecule has 0 spiro atoms. The molecule has 1 heteroatoms. The van der Waals surface area contributed by atoms with Gasteiger partial charge in [-0.3, -0.25) is 0 Å². The second kappa shape index (κ2) is 7.75. The molecule has 159 valence electrons. The van der Waals surface area contributed by atoms with Crippen molar-refractivity contribution in [3.63, 3.8) is 0 Å². The standard InChI is InChI=1S/C27H45O/c1-18(2)9-8-10-19(3)21-12-13-22-25-23(14-16-27(21,22)5)26(4)15-7-6-11-20(26)17-24(25)28/h15,17-19,21-25,28H,6-14,16H2,1-5H3/t19-,21-,22+,23+,24+,25+,26+,27-/m1/s1. The first-order chi connectivity index (χ1) is 13.3. The Kier molecular flexibility index (Phi) is 5.80. The third kappa shape index (κ3) is 3.32. The van der Waals surface area contributed by atoms with Crippen LogP contribution in [0.25, 0.3) is 0 Å². The number of fused-ring (bicyclic) bond motifs is 5. The topological polar surface area (TPSA) is 20.2 Å². The summed E-state index contributed by atoms with van der Waals surface area (Å²) < 4.78 is 0. The minimum absolute atomic E-state index is 0.195. The number of aliphatic hydroxyl groups is 1. The highest BCUT2D eigenvalue weighted by Gasteiger charge is 2.60. The van der Waals surface area contributed by atoms with Crippen molar-refractivity contribution in [2.45, 2.75) is 105 Å². The smallest absolute Gasteiger partial charge is 0.0757 e. The molecule has 0 aromatic rings. The minimum Gasteiger partial charge on any atom is -0.389 e. The van der Waals surface area contributed by atoms with Crippen LogP contribution in [0.2, 0.25) is 0 Å². The molecule has 0 aromatic carbocycles. The van der Waals surface area contributed by atoms with Gasteiger partial charge in [0.2, 0.25) is 0 Å². The first-order valence-electron chi connectivity index (χ1n) is 12.5. The van der Waals surface area contributed by atoms with E-state index in [9.17, 15) is 5.11 Å². The van der Waals surface area contributed by atoms with Gasteiger partial charge in [-0.05, 0) is 97.7 Å². The Balaban J connectivity index is 1.53. The lowest BCUT2D eigenvalue weighted by atomic mass is 9.46. The van der Waals surface area contributed by atoms with Crippen LogP contribution in [0, 0.1) is 52.8 Å². The largest absolute Gasteiger partial charge is 0.389 e. The van der Waals surface area contributed by atoms with E-state index in [0.29, 0.717) is 17.3 Å². The van der Waals surface area contributed by atoms with E-state index >= 15 is 0 Å². The third-order valence-electron chi connectivity index (χ3n) is 9.98. The lowest BCUT2D eigenvalue weighted by molar-refractivity contribution is -0.0831. The Labute approximate surface area is 174 Å². The van der Waals surface area contributed by atoms with Crippen LogP contribution in [0.1, 0.15) is 98.8 Å². The molecule has 0 aromatic heterocycles. The average molecular weight is 386 g/mol. The van der Waals surface area contributed by atoms with Crippen molar-refractivity contribution in [1.29, 1.82) is 0 Å². The highest BCUT2D eigenvalue weighted by atomic mass is 16.3. The molecule has 1 nitrogen and oxygen atoms in total. The first kappa shape index (κ1) is 21.0. The normalized spacial score (nSPS) is 46.5. The number of aliphatic hydroxyl groups excluding tert-OH is 1. The zero-order valence-corrected chi connectivity index (χ0v) is 19.2. The molecule has 0 aliphatic heterocycles. The van der Waals surface area contributed by atoms with Gasteiger partial charge < -0.3 is 5.11 Å². The van der Waals surface area contributed by atoms with E-state index in [2.05, 4.69) is 47.1 Å². The lowest BCUT2D eigenvalue weighted by Gasteiger charge is -2.59. The molecule has 0 unspecified atom stereocenters. The van der Waals surface area contributed by atoms with Crippen LogP contribution in [0.4, 0.5) is 0 Å². The predicted octanol–water partition coefficient (Wildman–Crippen LogP) is 7.20. The molecule has 4 aliphatic rings. The number of allylic oxidation sites excluding steroid dienone is 1. The van der Waals surface area contributed by atoms with Crippen LogP contribution in [-0.4, -0.2) is 11.2 Å². The monoisotopic (exact) mass is 385 g/mol. The van der Waals surface area contributed by atoms with Gasteiger partial charge in [0.1, 0.15) is 0 Å². The van der Waals surface area contributed by atoms with Crippen molar-refractivity contribution in [2.24, 2.45) is 46.3 Å². The van der Waals surface area contributed by atoms with Crippen LogP contribution in [-0.2, 0) is 0 Å². The quantitative estimate of drug-likeness (QED) is 0.496. The van der Waals surface area contributed by atoms with Crippen molar-refractivity contribution in [1.82, 2.24) is 0 Å². The zero-order chi connectivity index (χ0) is 20.1. The molecule has 0 amide bonds. The van der Waals surface area contributed by atoms with Gasteiger partial charge in [-0.25, -0.2) is 0 Å². The van der Waals surface area contributed by atoms with E-state index in [1.54, 1.807) is 5.57 Å². The van der Waals surface area contributed by atoms with Crippen LogP contribution >= 0.6 is 0 Å². The SMILES string of the molecule is CC(C)CCC[C@@H](C)[C@H]1CC[C@H]2[C@@H]3[C@@H](O)C=C4CCC[CH][C@]4(C)[C@H]3CC[C@]12C. The summed E-state index contributed by atoms with van der Waals surface area (Å²) in [6.45, 7) is 12.4. The summed E-state index contributed by atoms with van der Waals surface area (Å²) in [5.74, 6) is 4.44. The maximum absolute atomic E-state index is 11.3. The fourth-order valence-electron chi connectivity index (χ4n) is 8.46. The Hall–Kier alpha value is -0.300. The number of hydrogen-bond donors (Lipinski definition) is 1. The van der Waals surface area contributed by atoms with Gasteiger partial charge in [0.25, 0.3) is 0 Å². The van der Waals surface area contributed by atoms with E-state index < -0.39 is 0 Å². The summed E-state index contributed by atoms with van der Waals surface area (Å²) in [4.78, 5) is 0. The second-order valence-electron chi connectivity index (χ2n) is 11.9. The molecule has 3 fully saturated rings. The summed E-state index contributed by atoms with van der Waals surface area (Å²) in [7, 11) is 0. The molecule has 28 heavy (non-hydrogen) atoms.